The number of nitrogens with zero attached hydrogens (tertiary/aromatic N) is 5. The highest BCUT2D eigenvalue weighted by Gasteiger charge is 2.32. The van der Waals surface area contributed by atoms with Gasteiger partial charge in [-0.15, -0.1) is 18.3 Å². The molecule has 2 amide bonds. The van der Waals surface area contributed by atoms with Crippen molar-refractivity contribution >= 4 is 34.4 Å². The van der Waals surface area contributed by atoms with Crippen LogP contribution in [0.2, 0.25) is 0 Å². The predicted octanol–water partition coefficient (Wildman–Crippen LogP) is 7.64. The smallest absolute Gasteiger partial charge is 0.406 e. The number of amides is 2. The third-order valence-electron chi connectivity index (χ3n) is 7.18. The van der Waals surface area contributed by atoms with Gasteiger partial charge in [-0.25, -0.2) is 9.67 Å². The standard InChI is InChI=1S/C33H32F3N5O3S/c1-21(2)27-17-8-22(3)18-28(27)41-30(43)19-45-32(41)38-29(42)7-5-4-6-23-9-11-24(12-10-23)31-37-20-40(39-31)25-13-15-26(16-14-25)44-33(34,35)36/h8-18,20-21H,4-7,19H2,1-3H3. The number of ether oxygens (including phenoxy) is 1. The fraction of sp³-hybridized carbons (Fsp3) is 0.303. The quantitative estimate of drug-likeness (QED) is 0.166. The van der Waals surface area contributed by atoms with Crippen molar-refractivity contribution in [3.8, 4) is 22.8 Å². The van der Waals surface area contributed by atoms with Gasteiger partial charge in [-0.2, -0.15) is 4.99 Å². The number of hydrogen-bond donors (Lipinski definition) is 0. The second-order valence-electron chi connectivity index (χ2n) is 11.0. The number of carbonyl (C=O) groups is 2. The Morgan fingerprint density at radius 3 is 2.47 bits per heavy atom. The summed E-state index contributed by atoms with van der Waals surface area (Å²) in [7, 11) is 0. The van der Waals surface area contributed by atoms with Gasteiger partial charge in [0, 0.05) is 12.0 Å². The minimum Gasteiger partial charge on any atom is -0.406 e. The maximum atomic E-state index is 12.8. The number of hydrogen-bond acceptors (Lipinski definition) is 6. The van der Waals surface area contributed by atoms with Crippen molar-refractivity contribution in [3.63, 3.8) is 0 Å². The fourth-order valence-electron chi connectivity index (χ4n) is 4.93. The molecular weight excluding hydrogens is 603 g/mol. The number of aryl methyl sites for hydroxylation is 2. The van der Waals surface area contributed by atoms with Crippen molar-refractivity contribution in [2.45, 2.75) is 58.7 Å². The number of thioether (sulfide) groups is 1. The van der Waals surface area contributed by atoms with Crippen LogP contribution >= 0.6 is 11.8 Å². The molecule has 0 N–H and O–H groups in total. The van der Waals surface area contributed by atoms with Gasteiger partial charge in [0.1, 0.15) is 12.1 Å². The Bertz CT molecular complexity index is 1700. The summed E-state index contributed by atoms with van der Waals surface area (Å²) >= 11 is 1.30. The van der Waals surface area contributed by atoms with Crippen LogP contribution in [0.25, 0.3) is 17.1 Å². The van der Waals surface area contributed by atoms with Crippen LogP contribution in [0.5, 0.6) is 5.75 Å². The molecule has 45 heavy (non-hydrogen) atoms. The van der Waals surface area contributed by atoms with Crippen LogP contribution in [-0.4, -0.2) is 43.9 Å². The number of aliphatic imine (C=N–C) groups is 1. The lowest BCUT2D eigenvalue weighted by atomic mass is 9.99. The first-order chi connectivity index (χ1) is 21.5. The van der Waals surface area contributed by atoms with Crippen molar-refractivity contribution in [2.75, 3.05) is 10.7 Å². The molecule has 1 fully saturated rings. The summed E-state index contributed by atoms with van der Waals surface area (Å²) in [6.45, 7) is 6.13. The summed E-state index contributed by atoms with van der Waals surface area (Å²) in [6.07, 6.45) is -0.733. The Morgan fingerprint density at radius 1 is 1.04 bits per heavy atom. The first-order valence-corrected chi connectivity index (χ1v) is 15.5. The minimum absolute atomic E-state index is 0.0712. The van der Waals surface area contributed by atoms with E-state index in [2.05, 4.69) is 33.7 Å². The van der Waals surface area contributed by atoms with E-state index in [0.29, 0.717) is 29.5 Å². The van der Waals surface area contributed by atoms with E-state index in [1.165, 1.54) is 47.0 Å². The molecule has 3 aromatic carbocycles. The normalized spacial score (nSPS) is 14.5. The molecule has 0 unspecified atom stereocenters. The van der Waals surface area contributed by atoms with E-state index in [4.69, 9.17) is 0 Å². The van der Waals surface area contributed by atoms with E-state index >= 15 is 0 Å². The zero-order chi connectivity index (χ0) is 32.1. The van der Waals surface area contributed by atoms with Gasteiger partial charge >= 0.3 is 6.36 Å². The Balaban J connectivity index is 1.13. The maximum Gasteiger partial charge on any atom is 0.573 e. The van der Waals surface area contributed by atoms with Gasteiger partial charge in [0.15, 0.2) is 11.0 Å². The van der Waals surface area contributed by atoms with Gasteiger partial charge in [-0.05, 0) is 79.1 Å². The average Bonchev–Trinajstić information content (AvgIpc) is 3.62. The van der Waals surface area contributed by atoms with Crippen LogP contribution in [-0.2, 0) is 16.0 Å². The molecule has 12 heteroatoms. The highest BCUT2D eigenvalue weighted by atomic mass is 32.2. The lowest BCUT2D eigenvalue weighted by molar-refractivity contribution is -0.274. The van der Waals surface area contributed by atoms with Gasteiger partial charge in [-0.1, -0.05) is 62.0 Å². The number of carbonyl (C=O) groups excluding carboxylic acids is 2. The second-order valence-corrected chi connectivity index (χ2v) is 11.9. The summed E-state index contributed by atoms with van der Waals surface area (Å²) in [6, 6.07) is 19.2. The summed E-state index contributed by atoms with van der Waals surface area (Å²) in [5.74, 6) is 0.333. The molecule has 1 aliphatic heterocycles. The molecule has 0 atom stereocenters. The molecular formula is C33H32F3N5O3S. The van der Waals surface area contributed by atoms with Crippen molar-refractivity contribution in [1.82, 2.24) is 14.8 Å². The summed E-state index contributed by atoms with van der Waals surface area (Å²) in [5, 5.41) is 4.88. The summed E-state index contributed by atoms with van der Waals surface area (Å²) in [4.78, 5) is 35.8. The number of benzene rings is 3. The molecule has 0 saturated carbocycles. The Labute approximate surface area is 263 Å². The van der Waals surface area contributed by atoms with Gasteiger partial charge in [0.2, 0.25) is 11.8 Å². The zero-order valence-corrected chi connectivity index (χ0v) is 25.9. The van der Waals surface area contributed by atoms with Gasteiger partial charge in [0.05, 0.1) is 17.1 Å². The minimum atomic E-state index is -4.75. The number of rotatable bonds is 10. The highest BCUT2D eigenvalue weighted by molar-refractivity contribution is 8.15. The van der Waals surface area contributed by atoms with Crippen molar-refractivity contribution < 1.29 is 27.5 Å². The van der Waals surface area contributed by atoms with E-state index in [1.54, 1.807) is 4.90 Å². The Morgan fingerprint density at radius 2 is 1.78 bits per heavy atom. The lowest BCUT2D eigenvalue weighted by Crippen LogP contribution is -2.31. The Kier molecular flexibility index (Phi) is 9.71. The maximum absolute atomic E-state index is 12.8. The molecule has 0 aliphatic carbocycles. The molecule has 1 aromatic heterocycles. The number of amidine groups is 1. The van der Waals surface area contributed by atoms with E-state index in [0.717, 1.165) is 40.8 Å². The van der Waals surface area contributed by atoms with Crippen LogP contribution in [0.3, 0.4) is 0 Å². The summed E-state index contributed by atoms with van der Waals surface area (Å²) in [5.41, 5.74) is 5.31. The molecule has 0 spiro atoms. The van der Waals surface area contributed by atoms with E-state index < -0.39 is 6.36 Å². The largest absolute Gasteiger partial charge is 0.573 e. The van der Waals surface area contributed by atoms with Crippen LogP contribution in [0, 0.1) is 6.92 Å². The molecule has 1 saturated heterocycles. The number of unbranched alkanes of at least 4 members (excludes halogenated alkanes) is 1. The molecule has 0 radical (unpaired) electrons. The Hall–Kier alpha value is -4.45. The van der Waals surface area contributed by atoms with Crippen LogP contribution in [0.1, 0.15) is 55.7 Å². The molecule has 1 aliphatic rings. The van der Waals surface area contributed by atoms with E-state index in [9.17, 15) is 22.8 Å². The third-order valence-corrected chi connectivity index (χ3v) is 8.10. The van der Waals surface area contributed by atoms with E-state index in [-0.39, 0.29) is 29.2 Å². The average molecular weight is 636 g/mol. The van der Waals surface area contributed by atoms with Crippen LogP contribution < -0.4 is 9.64 Å². The first kappa shape index (κ1) is 32.0. The van der Waals surface area contributed by atoms with Crippen molar-refractivity contribution in [3.05, 3.63) is 89.7 Å². The molecule has 8 nitrogen and oxygen atoms in total. The lowest BCUT2D eigenvalue weighted by Gasteiger charge is -2.22. The van der Waals surface area contributed by atoms with Gasteiger partial charge < -0.3 is 4.74 Å². The van der Waals surface area contributed by atoms with Crippen molar-refractivity contribution in [1.29, 1.82) is 0 Å². The molecule has 2 heterocycles. The molecule has 234 valence electrons. The monoisotopic (exact) mass is 635 g/mol. The number of alkyl halides is 3. The number of anilines is 1. The second kappa shape index (κ2) is 13.7. The van der Waals surface area contributed by atoms with Crippen LogP contribution in [0.4, 0.5) is 18.9 Å². The van der Waals surface area contributed by atoms with Crippen molar-refractivity contribution in [2.24, 2.45) is 4.99 Å². The SMILES string of the molecule is Cc1ccc(C(C)C)c(N2C(=O)CSC2=NC(=O)CCCCc2ccc(-c3ncn(-c4ccc(OC(F)(F)F)cc4)n3)cc2)c1. The topological polar surface area (TPSA) is 89.7 Å². The first-order valence-electron chi connectivity index (χ1n) is 14.5. The fourth-order valence-corrected chi connectivity index (χ4v) is 5.80. The molecule has 5 rings (SSSR count). The van der Waals surface area contributed by atoms with E-state index in [1.807, 2.05) is 49.4 Å². The van der Waals surface area contributed by atoms with Crippen LogP contribution in [0.15, 0.2) is 78.0 Å². The molecule has 0 bridgehead atoms. The zero-order valence-electron chi connectivity index (χ0n) is 25.0. The molecule has 4 aromatic rings. The van der Waals surface area contributed by atoms with Gasteiger partial charge in [-0.3, -0.25) is 14.5 Å². The predicted molar refractivity (Wildman–Crippen MR) is 169 cm³/mol. The summed E-state index contributed by atoms with van der Waals surface area (Å²) < 4.78 is 42.6. The third kappa shape index (κ3) is 8.18. The highest BCUT2D eigenvalue weighted by Crippen LogP contribution is 2.34. The van der Waals surface area contributed by atoms with Gasteiger partial charge in [0.25, 0.3) is 0 Å². The number of halogens is 3. The number of aromatic nitrogens is 3.